The van der Waals surface area contributed by atoms with Crippen molar-refractivity contribution in [1.29, 1.82) is 0 Å². The van der Waals surface area contributed by atoms with E-state index in [2.05, 4.69) is 29.5 Å². The molecule has 0 aliphatic carbocycles. The Balaban J connectivity index is 1.77. The number of carbonyl (C=O) groups excluding carboxylic acids is 2. The molecule has 150 valence electrons. The first-order chi connectivity index (χ1) is 13.0. The van der Waals surface area contributed by atoms with Gasteiger partial charge in [0.15, 0.2) is 0 Å². The van der Waals surface area contributed by atoms with Crippen molar-refractivity contribution < 1.29 is 14.8 Å². The summed E-state index contributed by atoms with van der Waals surface area (Å²) in [7, 11) is 0. The average Bonchev–Trinajstić information content (AvgIpc) is 3.29. The molecule has 9 heteroatoms. The lowest BCUT2D eigenvalue weighted by molar-refractivity contribution is -0.129. The van der Waals surface area contributed by atoms with Crippen molar-refractivity contribution in [2.75, 3.05) is 6.54 Å². The summed E-state index contributed by atoms with van der Waals surface area (Å²) in [5, 5.41) is 17.7. The van der Waals surface area contributed by atoms with Gasteiger partial charge in [-0.3, -0.25) is 14.8 Å². The van der Waals surface area contributed by atoms with E-state index in [-0.39, 0.29) is 17.2 Å². The fraction of sp³-hybridized carbons (Fsp3) is 0.611. The van der Waals surface area contributed by atoms with Crippen LogP contribution in [0.15, 0.2) is 22.2 Å². The van der Waals surface area contributed by atoms with Gasteiger partial charge in [-0.2, -0.15) is 0 Å². The smallest absolute Gasteiger partial charge is 0.268 e. The van der Waals surface area contributed by atoms with Gasteiger partial charge >= 0.3 is 0 Å². The van der Waals surface area contributed by atoms with Crippen molar-refractivity contribution in [2.45, 2.75) is 57.7 Å². The molecule has 1 atom stereocenters. The molecule has 1 aromatic rings. The molecular formula is C18H28N4O3S2. The Morgan fingerprint density at radius 2 is 2.07 bits per heavy atom. The van der Waals surface area contributed by atoms with Crippen molar-refractivity contribution in [1.82, 2.24) is 21.1 Å². The second-order valence-electron chi connectivity index (χ2n) is 6.86. The predicted octanol–water partition coefficient (Wildman–Crippen LogP) is 3.31. The van der Waals surface area contributed by atoms with Gasteiger partial charge in [0.1, 0.15) is 16.1 Å². The number of hydrogen-bond acceptors (Lipinski definition) is 7. The minimum Gasteiger partial charge on any atom is -0.362 e. The fourth-order valence-corrected chi connectivity index (χ4v) is 4.94. The highest BCUT2D eigenvalue weighted by molar-refractivity contribution is 8.03. The maximum atomic E-state index is 12.6. The van der Waals surface area contributed by atoms with E-state index in [9.17, 15) is 9.59 Å². The van der Waals surface area contributed by atoms with Crippen LogP contribution in [0.3, 0.4) is 0 Å². The van der Waals surface area contributed by atoms with E-state index in [0.29, 0.717) is 24.6 Å². The quantitative estimate of drug-likeness (QED) is 0.253. The van der Waals surface area contributed by atoms with Crippen LogP contribution in [0.25, 0.3) is 0 Å². The number of thioether (sulfide) groups is 1. The number of aromatic nitrogens is 1. The first kappa shape index (κ1) is 21.7. The van der Waals surface area contributed by atoms with Crippen LogP contribution in [0.1, 0.15) is 62.8 Å². The van der Waals surface area contributed by atoms with Crippen molar-refractivity contribution >= 4 is 34.9 Å². The number of allylic oxidation sites excluding steroid dienone is 1. The van der Waals surface area contributed by atoms with Gasteiger partial charge in [-0.05, 0) is 25.2 Å². The third kappa shape index (κ3) is 7.15. The van der Waals surface area contributed by atoms with E-state index >= 15 is 0 Å². The topological polar surface area (TPSA) is 103 Å². The molecule has 7 nitrogen and oxygen atoms in total. The average molecular weight is 413 g/mol. The Morgan fingerprint density at radius 3 is 2.74 bits per heavy atom. The van der Waals surface area contributed by atoms with Crippen LogP contribution >= 0.6 is 23.1 Å². The number of unbranched alkanes of at least 4 members (excludes halogenated alkanes) is 3. The van der Waals surface area contributed by atoms with E-state index in [1.165, 1.54) is 0 Å². The fourth-order valence-electron chi connectivity index (χ4n) is 2.74. The molecule has 0 aromatic carbocycles. The summed E-state index contributed by atoms with van der Waals surface area (Å²) in [6, 6.07) is 0. The molecule has 1 unspecified atom stereocenters. The van der Waals surface area contributed by atoms with Crippen molar-refractivity contribution in [3.8, 4) is 0 Å². The minimum absolute atomic E-state index is 0.0113. The first-order valence-electron chi connectivity index (χ1n) is 9.28. The zero-order chi connectivity index (χ0) is 19.6. The summed E-state index contributed by atoms with van der Waals surface area (Å²) in [6.45, 7) is 4.91. The van der Waals surface area contributed by atoms with E-state index in [0.717, 1.165) is 42.0 Å². The SMILES string of the molecule is CC(C)CC1=C(C(=O)NCCCCCCC(=O)NO)NC(c2nccs2)S1. The molecule has 2 amide bonds. The number of hydrogen-bond donors (Lipinski definition) is 4. The van der Waals surface area contributed by atoms with Crippen molar-refractivity contribution in [3.63, 3.8) is 0 Å². The van der Waals surface area contributed by atoms with Gasteiger partial charge in [-0.15, -0.1) is 11.3 Å². The van der Waals surface area contributed by atoms with E-state index in [1.807, 2.05) is 5.38 Å². The van der Waals surface area contributed by atoms with Gasteiger partial charge in [0, 0.05) is 29.4 Å². The van der Waals surface area contributed by atoms with Crippen LogP contribution in [-0.4, -0.2) is 28.6 Å². The third-order valence-corrected chi connectivity index (χ3v) is 6.27. The minimum atomic E-state index is -0.354. The molecule has 1 aliphatic heterocycles. The summed E-state index contributed by atoms with van der Waals surface area (Å²) >= 11 is 3.28. The molecule has 0 saturated heterocycles. The molecule has 27 heavy (non-hydrogen) atoms. The number of hydroxylamine groups is 1. The number of rotatable bonds is 11. The largest absolute Gasteiger partial charge is 0.362 e. The summed E-state index contributed by atoms with van der Waals surface area (Å²) < 4.78 is 0. The zero-order valence-electron chi connectivity index (χ0n) is 15.8. The van der Waals surface area contributed by atoms with Gasteiger partial charge < -0.3 is 10.6 Å². The monoisotopic (exact) mass is 412 g/mol. The molecule has 4 N–H and O–H groups in total. The lowest BCUT2D eigenvalue weighted by Crippen LogP contribution is -2.31. The van der Waals surface area contributed by atoms with Gasteiger partial charge in [0.2, 0.25) is 5.91 Å². The normalized spacial score (nSPS) is 16.5. The van der Waals surface area contributed by atoms with Crippen LogP contribution in [0.2, 0.25) is 0 Å². The van der Waals surface area contributed by atoms with E-state index in [4.69, 9.17) is 5.21 Å². The molecule has 2 rings (SSSR count). The van der Waals surface area contributed by atoms with Crippen LogP contribution in [0.4, 0.5) is 0 Å². The second kappa shape index (κ2) is 11.3. The molecule has 0 radical (unpaired) electrons. The Hall–Kier alpha value is -1.58. The maximum Gasteiger partial charge on any atom is 0.268 e. The molecule has 0 fully saturated rings. The number of amides is 2. The Bertz CT molecular complexity index is 647. The van der Waals surface area contributed by atoms with Gasteiger partial charge in [0.25, 0.3) is 5.91 Å². The number of nitrogens with zero attached hydrogens (tertiary/aromatic N) is 1. The molecule has 1 aliphatic rings. The van der Waals surface area contributed by atoms with Crippen molar-refractivity contribution in [3.05, 3.63) is 27.2 Å². The maximum absolute atomic E-state index is 12.6. The summed E-state index contributed by atoms with van der Waals surface area (Å²) in [5.74, 6) is 0.0626. The van der Waals surface area contributed by atoms with Crippen LogP contribution < -0.4 is 16.1 Å². The number of nitrogens with one attached hydrogen (secondary N) is 3. The van der Waals surface area contributed by atoms with Crippen LogP contribution in [0.5, 0.6) is 0 Å². The third-order valence-electron chi connectivity index (χ3n) is 4.05. The Kier molecular flexibility index (Phi) is 9.09. The molecule has 0 bridgehead atoms. The summed E-state index contributed by atoms with van der Waals surface area (Å²) in [5.41, 5.74) is 2.31. The van der Waals surface area contributed by atoms with Crippen LogP contribution in [0, 0.1) is 5.92 Å². The summed E-state index contributed by atoms with van der Waals surface area (Å²) in [6.07, 6.45) is 6.40. The molecule has 0 spiro atoms. The van der Waals surface area contributed by atoms with Crippen LogP contribution in [-0.2, 0) is 9.59 Å². The lowest BCUT2D eigenvalue weighted by Gasteiger charge is -2.10. The second-order valence-corrected chi connectivity index (χ2v) is 8.99. The van der Waals surface area contributed by atoms with Gasteiger partial charge in [0.05, 0.1) is 0 Å². The van der Waals surface area contributed by atoms with E-state index < -0.39 is 0 Å². The molecule has 1 aromatic heterocycles. The Labute approximate surface area is 168 Å². The number of carbonyl (C=O) groups is 2. The van der Waals surface area contributed by atoms with Gasteiger partial charge in [-0.1, -0.05) is 38.5 Å². The standard InChI is InChI=1S/C18H28N4O3S2/c1-12(2)11-13-15(21-18(27-13)17-20-9-10-26-17)16(24)19-8-6-4-3-5-7-14(23)22-25/h9-10,12,18,21,25H,3-8,11H2,1-2H3,(H,19,24)(H,22,23). The highest BCUT2D eigenvalue weighted by Gasteiger charge is 2.30. The van der Waals surface area contributed by atoms with E-state index in [1.54, 1.807) is 34.8 Å². The number of thiazole rings is 1. The highest BCUT2D eigenvalue weighted by Crippen LogP contribution is 2.43. The van der Waals surface area contributed by atoms with Gasteiger partial charge in [-0.25, -0.2) is 10.5 Å². The highest BCUT2D eigenvalue weighted by atomic mass is 32.2. The zero-order valence-corrected chi connectivity index (χ0v) is 17.4. The summed E-state index contributed by atoms with van der Waals surface area (Å²) in [4.78, 5) is 29.0. The molecule has 2 heterocycles. The lowest BCUT2D eigenvalue weighted by atomic mass is 10.1. The molecule has 0 saturated carbocycles. The predicted molar refractivity (Wildman–Crippen MR) is 108 cm³/mol. The molecular weight excluding hydrogens is 384 g/mol. The Morgan fingerprint density at radius 1 is 1.30 bits per heavy atom. The first-order valence-corrected chi connectivity index (χ1v) is 11.0. The van der Waals surface area contributed by atoms with Crippen molar-refractivity contribution in [2.24, 2.45) is 5.92 Å².